The number of hydrogen-bond donors (Lipinski definition) is 0. The van der Waals surface area contributed by atoms with Crippen LogP contribution in [0.5, 0.6) is 0 Å². The smallest absolute Gasteiger partial charge is 0.262 e. The number of anilines is 1. The summed E-state index contributed by atoms with van der Waals surface area (Å²) in [6.45, 7) is 5.52. The molecule has 0 amide bonds. The van der Waals surface area contributed by atoms with Gasteiger partial charge in [0.15, 0.2) is 0 Å². The largest absolute Gasteiger partial charge is 0.371 e. The quantitative estimate of drug-likeness (QED) is 0.233. The number of aromatic nitrogens is 2. The maximum absolute atomic E-state index is 4.56. The van der Waals surface area contributed by atoms with E-state index in [1.807, 2.05) is 17.5 Å². The Balaban J connectivity index is 1.22. The van der Waals surface area contributed by atoms with Gasteiger partial charge >= 0.3 is 0 Å². The normalized spacial score (nSPS) is 15.7. The van der Waals surface area contributed by atoms with E-state index in [2.05, 4.69) is 80.2 Å². The summed E-state index contributed by atoms with van der Waals surface area (Å²) in [6.07, 6.45) is 10.9. The van der Waals surface area contributed by atoms with Crippen molar-refractivity contribution in [2.75, 3.05) is 18.0 Å². The molecule has 2 aromatic heterocycles. The van der Waals surface area contributed by atoms with Crippen molar-refractivity contribution in [3.8, 4) is 0 Å². The van der Waals surface area contributed by atoms with E-state index in [0.717, 1.165) is 30.0 Å². The van der Waals surface area contributed by atoms with Crippen LogP contribution in [0.2, 0.25) is 0 Å². The fourth-order valence-corrected chi connectivity index (χ4v) is 6.77. The summed E-state index contributed by atoms with van der Waals surface area (Å²) in [5.41, 5.74) is 6.58. The highest BCUT2D eigenvalue weighted by Gasteiger charge is 2.24. The molecule has 4 aromatic rings. The van der Waals surface area contributed by atoms with Crippen LogP contribution in [0.15, 0.2) is 52.8 Å². The molecule has 0 spiro atoms. The van der Waals surface area contributed by atoms with Gasteiger partial charge in [0.2, 0.25) is 10.6 Å². The number of thiazole rings is 2. The summed E-state index contributed by atoms with van der Waals surface area (Å²) >= 11 is 3.39. The Morgan fingerprint density at radius 3 is 2.61 bits per heavy atom. The first-order valence-electron chi connectivity index (χ1n) is 11.7. The van der Waals surface area contributed by atoms with E-state index >= 15 is 0 Å². The van der Waals surface area contributed by atoms with Gasteiger partial charge in [0.25, 0.3) is 5.01 Å². The molecule has 0 aliphatic carbocycles. The average Bonchev–Trinajstić information content (AvgIpc) is 3.45. The zero-order valence-corrected chi connectivity index (χ0v) is 20.3. The van der Waals surface area contributed by atoms with Gasteiger partial charge < -0.3 is 4.90 Å². The lowest BCUT2D eigenvalue weighted by Crippen LogP contribution is -2.34. The molecule has 2 aliphatic rings. The predicted octanol–water partition coefficient (Wildman–Crippen LogP) is 6.95. The molecule has 33 heavy (non-hydrogen) atoms. The van der Waals surface area contributed by atoms with Crippen LogP contribution in [-0.4, -0.2) is 18.1 Å². The number of fused-ring (bicyclic) bond motifs is 1. The third-order valence-corrected chi connectivity index (χ3v) is 8.40. The van der Waals surface area contributed by atoms with Crippen molar-refractivity contribution in [2.24, 2.45) is 10.2 Å². The number of azo groups is 1. The van der Waals surface area contributed by atoms with Gasteiger partial charge in [-0.25, -0.2) is 4.98 Å². The molecule has 5 nitrogen and oxygen atoms in total. The first-order valence-corrected chi connectivity index (χ1v) is 13.3. The molecule has 0 bridgehead atoms. The number of nitrogens with zero attached hydrogens (tertiary/aromatic N) is 5. The number of aryl methyl sites for hydroxylation is 3. The number of para-hydroxylation sites is 1. The summed E-state index contributed by atoms with van der Waals surface area (Å²) in [5, 5.41) is 11.0. The van der Waals surface area contributed by atoms with Crippen molar-refractivity contribution in [1.82, 2.24) is 4.98 Å². The fraction of sp³-hybridized carbons (Fsp3) is 0.308. The van der Waals surface area contributed by atoms with Crippen LogP contribution in [0, 0.1) is 0 Å². The Bertz CT molecular complexity index is 1350. The van der Waals surface area contributed by atoms with Crippen molar-refractivity contribution in [3.63, 3.8) is 0 Å². The van der Waals surface area contributed by atoms with Gasteiger partial charge in [-0.2, -0.15) is 4.57 Å². The van der Waals surface area contributed by atoms with Crippen LogP contribution in [0.1, 0.15) is 40.8 Å². The van der Waals surface area contributed by atoms with Gasteiger partial charge in [0.05, 0.1) is 5.69 Å². The van der Waals surface area contributed by atoms with Crippen LogP contribution >= 0.6 is 22.7 Å². The second-order valence-corrected chi connectivity index (χ2v) is 10.6. The van der Waals surface area contributed by atoms with Crippen LogP contribution in [0.25, 0.3) is 22.4 Å². The lowest BCUT2D eigenvalue weighted by Gasteiger charge is -2.36. The Hall–Kier alpha value is -2.90. The van der Waals surface area contributed by atoms with Crippen LogP contribution in [0.4, 0.5) is 16.5 Å². The number of rotatable bonds is 5. The van der Waals surface area contributed by atoms with E-state index in [9.17, 15) is 0 Å². The molecule has 2 aliphatic heterocycles. The first kappa shape index (κ1) is 20.7. The molecule has 0 N–H and O–H groups in total. The number of benzene rings is 2. The third kappa shape index (κ3) is 4.00. The van der Waals surface area contributed by atoms with Gasteiger partial charge in [-0.05, 0) is 68.0 Å². The molecular weight excluding hydrogens is 446 g/mol. The molecule has 0 saturated carbocycles. The molecule has 2 aromatic carbocycles. The second-order valence-electron chi connectivity index (χ2n) is 8.54. The van der Waals surface area contributed by atoms with Gasteiger partial charge in [0, 0.05) is 42.0 Å². The van der Waals surface area contributed by atoms with Gasteiger partial charge in [0.1, 0.15) is 11.2 Å². The average molecular weight is 473 g/mol. The minimum atomic E-state index is 0.697. The van der Waals surface area contributed by atoms with Crippen LogP contribution < -0.4 is 9.47 Å². The molecule has 4 heterocycles. The molecule has 0 radical (unpaired) electrons. The summed E-state index contributed by atoms with van der Waals surface area (Å²) in [7, 11) is 0. The minimum Gasteiger partial charge on any atom is -0.371 e. The maximum Gasteiger partial charge on any atom is 0.262 e. The summed E-state index contributed by atoms with van der Waals surface area (Å²) in [4.78, 5) is 8.11. The Morgan fingerprint density at radius 1 is 1.03 bits per heavy atom. The van der Waals surface area contributed by atoms with E-state index < -0.39 is 0 Å². The maximum atomic E-state index is 4.56. The molecule has 0 fully saturated rings. The summed E-state index contributed by atoms with van der Waals surface area (Å²) in [5.74, 6) is 0. The van der Waals surface area contributed by atoms with E-state index in [1.165, 1.54) is 58.0 Å². The van der Waals surface area contributed by atoms with Crippen molar-refractivity contribution in [2.45, 2.75) is 39.2 Å². The monoisotopic (exact) mass is 472 g/mol. The minimum absolute atomic E-state index is 0.697. The fourth-order valence-electron chi connectivity index (χ4n) is 5.00. The second kappa shape index (κ2) is 8.80. The molecule has 0 saturated heterocycles. The molecule has 6 rings (SSSR count). The third-order valence-electron chi connectivity index (χ3n) is 6.42. The first-order chi connectivity index (χ1) is 16.3. The molecule has 0 unspecified atom stereocenters. The SMILES string of the molecule is CC[n+]1c(/C=C/c2cnc(N=Nc3cc4c5c(c3)CCCN5CCC4)s2)sc2ccccc21. The Labute approximate surface area is 201 Å². The van der Waals surface area contributed by atoms with E-state index in [0.29, 0.717) is 5.13 Å². The zero-order valence-electron chi connectivity index (χ0n) is 18.7. The van der Waals surface area contributed by atoms with E-state index in [-0.39, 0.29) is 0 Å². The van der Waals surface area contributed by atoms with Crippen molar-refractivity contribution >= 4 is 61.5 Å². The topological polar surface area (TPSA) is 44.7 Å². The van der Waals surface area contributed by atoms with Gasteiger partial charge in [-0.1, -0.05) is 34.8 Å². The van der Waals surface area contributed by atoms with Crippen LogP contribution in [0.3, 0.4) is 0 Å². The molecule has 0 atom stereocenters. The zero-order chi connectivity index (χ0) is 22.2. The van der Waals surface area contributed by atoms with Crippen molar-refractivity contribution < 1.29 is 4.57 Å². The van der Waals surface area contributed by atoms with E-state index in [1.54, 1.807) is 11.3 Å². The van der Waals surface area contributed by atoms with Crippen molar-refractivity contribution in [3.05, 3.63) is 63.6 Å². The Kier molecular flexibility index (Phi) is 5.52. The predicted molar refractivity (Wildman–Crippen MR) is 138 cm³/mol. The number of hydrogen-bond acceptors (Lipinski definition) is 6. The molecular formula is C26H26N5S2+. The standard InChI is InChI=1S/C26H26N5S2/c1-2-31-22-9-3-4-10-23(22)33-24(31)12-11-21-17-27-26(32-21)29-28-20-15-18-7-5-13-30-14-6-8-19(16-20)25(18)30/h3-4,9-12,15-17H,2,5-8,13-14H2,1H3/q+1. The van der Waals surface area contributed by atoms with Crippen molar-refractivity contribution in [1.29, 1.82) is 0 Å². The van der Waals surface area contributed by atoms with E-state index in [4.69, 9.17) is 0 Å². The highest BCUT2D eigenvalue weighted by atomic mass is 32.1. The molecule has 166 valence electrons. The molecule has 7 heteroatoms. The highest BCUT2D eigenvalue weighted by molar-refractivity contribution is 7.19. The van der Waals surface area contributed by atoms with Crippen LogP contribution in [-0.2, 0) is 19.4 Å². The summed E-state index contributed by atoms with van der Waals surface area (Å²) < 4.78 is 3.66. The highest BCUT2D eigenvalue weighted by Crippen LogP contribution is 2.38. The Morgan fingerprint density at radius 2 is 1.82 bits per heavy atom. The lowest BCUT2D eigenvalue weighted by molar-refractivity contribution is -0.665. The van der Waals surface area contributed by atoms with Gasteiger partial charge in [-0.15, -0.1) is 10.2 Å². The summed E-state index contributed by atoms with van der Waals surface area (Å²) in [6, 6.07) is 13.0. The van der Waals surface area contributed by atoms with Gasteiger partial charge in [-0.3, -0.25) is 0 Å². The lowest BCUT2D eigenvalue weighted by atomic mass is 9.91.